The first-order valence-corrected chi connectivity index (χ1v) is 7.72. The largest absolute Gasteiger partial charge is 0.396 e. The molecule has 5 nitrogen and oxygen atoms in total. The molecule has 128 valence electrons. The standard InChI is InChI=1S/C16H17F3N4O/c17-10-4-5-11(15(19)14(10)18)21-13-8-12(9-2-3-9)22-16(23-13)20-6-1-7-24/h4-5,8-9,24H,1-3,6-7H2,(H2,20,21,22,23). The highest BCUT2D eigenvalue weighted by atomic mass is 19.2. The average molecular weight is 338 g/mol. The molecule has 3 N–H and O–H groups in total. The van der Waals surface area contributed by atoms with Crippen molar-refractivity contribution in [2.75, 3.05) is 23.8 Å². The van der Waals surface area contributed by atoms with Crippen molar-refractivity contribution in [1.29, 1.82) is 0 Å². The van der Waals surface area contributed by atoms with Crippen molar-refractivity contribution in [3.8, 4) is 0 Å². The molecule has 0 bridgehead atoms. The van der Waals surface area contributed by atoms with Crippen LogP contribution in [0, 0.1) is 17.5 Å². The maximum atomic E-state index is 13.8. The molecule has 1 aromatic carbocycles. The number of halogens is 3. The zero-order chi connectivity index (χ0) is 17.1. The van der Waals surface area contributed by atoms with E-state index in [2.05, 4.69) is 20.6 Å². The maximum absolute atomic E-state index is 13.8. The van der Waals surface area contributed by atoms with Crippen molar-refractivity contribution < 1.29 is 18.3 Å². The number of nitrogens with one attached hydrogen (secondary N) is 2. The fraction of sp³-hybridized carbons (Fsp3) is 0.375. The number of hydrogen-bond donors (Lipinski definition) is 3. The monoisotopic (exact) mass is 338 g/mol. The van der Waals surface area contributed by atoms with E-state index in [-0.39, 0.29) is 12.3 Å². The summed E-state index contributed by atoms with van der Waals surface area (Å²) >= 11 is 0. The molecule has 0 radical (unpaired) electrons. The minimum Gasteiger partial charge on any atom is -0.396 e. The molecule has 1 aliphatic carbocycles. The number of aliphatic hydroxyl groups excluding tert-OH is 1. The predicted octanol–water partition coefficient (Wildman–Crippen LogP) is 3.31. The van der Waals surface area contributed by atoms with Crippen LogP contribution in [0.3, 0.4) is 0 Å². The van der Waals surface area contributed by atoms with E-state index in [1.807, 2.05) is 0 Å². The second kappa shape index (κ2) is 7.04. The van der Waals surface area contributed by atoms with Crippen molar-refractivity contribution in [2.45, 2.75) is 25.2 Å². The summed E-state index contributed by atoms with van der Waals surface area (Å²) in [7, 11) is 0. The van der Waals surface area contributed by atoms with Gasteiger partial charge in [0.25, 0.3) is 0 Å². The minimum absolute atomic E-state index is 0.0422. The lowest BCUT2D eigenvalue weighted by Crippen LogP contribution is -2.10. The second-order valence-corrected chi connectivity index (χ2v) is 5.63. The van der Waals surface area contributed by atoms with Gasteiger partial charge in [-0.1, -0.05) is 0 Å². The van der Waals surface area contributed by atoms with E-state index in [0.29, 0.717) is 30.6 Å². The molecule has 1 aliphatic rings. The van der Waals surface area contributed by atoms with Crippen LogP contribution in [0.4, 0.5) is 30.6 Å². The number of aliphatic hydroxyl groups is 1. The summed E-state index contributed by atoms with van der Waals surface area (Å²) in [6, 6.07) is 3.64. The summed E-state index contributed by atoms with van der Waals surface area (Å²) in [5.41, 5.74) is 0.609. The molecule has 0 amide bonds. The van der Waals surface area contributed by atoms with Gasteiger partial charge in [-0.15, -0.1) is 0 Å². The Hall–Kier alpha value is -2.35. The Morgan fingerprint density at radius 1 is 1.12 bits per heavy atom. The van der Waals surface area contributed by atoms with Gasteiger partial charge in [-0.05, 0) is 31.4 Å². The van der Waals surface area contributed by atoms with Crippen LogP contribution in [0.25, 0.3) is 0 Å². The molecular weight excluding hydrogens is 321 g/mol. The van der Waals surface area contributed by atoms with Gasteiger partial charge in [0, 0.05) is 25.1 Å². The molecular formula is C16H17F3N4O. The molecule has 1 heterocycles. The molecule has 0 atom stereocenters. The van der Waals surface area contributed by atoms with Crippen LogP contribution in [0.5, 0.6) is 0 Å². The van der Waals surface area contributed by atoms with E-state index in [1.54, 1.807) is 6.07 Å². The van der Waals surface area contributed by atoms with Gasteiger partial charge in [0.05, 0.1) is 11.4 Å². The van der Waals surface area contributed by atoms with Gasteiger partial charge in [0.1, 0.15) is 5.82 Å². The van der Waals surface area contributed by atoms with Crippen LogP contribution in [0.2, 0.25) is 0 Å². The Balaban J connectivity index is 1.85. The highest BCUT2D eigenvalue weighted by Crippen LogP contribution is 2.40. The normalized spacial score (nSPS) is 13.8. The second-order valence-electron chi connectivity index (χ2n) is 5.63. The third kappa shape index (κ3) is 3.76. The SMILES string of the molecule is OCCCNc1nc(Nc2ccc(F)c(F)c2F)cc(C2CC2)n1. The van der Waals surface area contributed by atoms with Gasteiger partial charge in [0.2, 0.25) is 5.95 Å². The maximum Gasteiger partial charge on any atom is 0.224 e. The molecule has 0 spiro atoms. The molecule has 1 saturated carbocycles. The first kappa shape index (κ1) is 16.5. The van der Waals surface area contributed by atoms with Crippen molar-refractivity contribution in [2.24, 2.45) is 0 Å². The summed E-state index contributed by atoms with van der Waals surface area (Å²) in [4.78, 5) is 8.60. The zero-order valence-corrected chi connectivity index (χ0v) is 12.8. The molecule has 0 aliphatic heterocycles. The molecule has 0 saturated heterocycles. The highest BCUT2D eigenvalue weighted by Gasteiger charge is 2.26. The van der Waals surface area contributed by atoms with Gasteiger partial charge in [-0.2, -0.15) is 4.98 Å². The van der Waals surface area contributed by atoms with E-state index in [9.17, 15) is 13.2 Å². The highest BCUT2D eigenvalue weighted by molar-refractivity contribution is 5.59. The molecule has 24 heavy (non-hydrogen) atoms. The fourth-order valence-corrected chi connectivity index (χ4v) is 2.24. The lowest BCUT2D eigenvalue weighted by atomic mass is 10.2. The quantitative estimate of drug-likeness (QED) is 0.534. The topological polar surface area (TPSA) is 70.1 Å². The zero-order valence-electron chi connectivity index (χ0n) is 12.8. The fourth-order valence-electron chi connectivity index (χ4n) is 2.24. The summed E-state index contributed by atoms with van der Waals surface area (Å²) < 4.78 is 40.2. The number of rotatable bonds is 7. The number of anilines is 3. The Morgan fingerprint density at radius 3 is 2.62 bits per heavy atom. The first-order chi connectivity index (χ1) is 11.6. The van der Waals surface area contributed by atoms with E-state index < -0.39 is 17.5 Å². The average Bonchev–Trinajstić information content (AvgIpc) is 3.41. The molecule has 0 unspecified atom stereocenters. The van der Waals surface area contributed by atoms with E-state index in [4.69, 9.17) is 5.11 Å². The molecule has 8 heteroatoms. The van der Waals surface area contributed by atoms with Crippen molar-refractivity contribution in [3.05, 3.63) is 41.3 Å². The number of nitrogens with zero attached hydrogens (tertiary/aromatic N) is 2. The summed E-state index contributed by atoms with van der Waals surface area (Å²) in [5.74, 6) is -3.09. The van der Waals surface area contributed by atoms with E-state index in [1.165, 1.54) is 0 Å². The lowest BCUT2D eigenvalue weighted by molar-refractivity contribution is 0.292. The number of hydrogen-bond acceptors (Lipinski definition) is 5. The lowest BCUT2D eigenvalue weighted by Gasteiger charge is -2.12. The summed E-state index contributed by atoms with van der Waals surface area (Å²) in [6.07, 6.45) is 2.58. The third-order valence-corrected chi connectivity index (χ3v) is 3.66. The van der Waals surface area contributed by atoms with Crippen LogP contribution in [0.1, 0.15) is 30.9 Å². The van der Waals surface area contributed by atoms with Gasteiger partial charge < -0.3 is 15.7 Å². The Bertz CT molecular complexity index is 738. The predicted molar refractivity (Wildman–Crippen MR) is 83.8 cm³/mol. The van der Waals surface area contributed by atoms with Gasteiger partial charge in [0.15, 0.2) is 17.5 Å². The Labute approximate surface area is 137 Å². The van der Waals surface area contributed by atoms with Crippen LogP contribution < -0.4 is 10.6 Å². The van der Waals surface area contributed by atoms with Gasteiger partial charge in [-0.3, -0.25) is 0 Å². The van der Waals surface area contributed by atoms with Gasteiger partial charge in [-0.25, -0.2) is 18.2 Å². The number of aromatic nitrogens is 2. The van der Waals surface area contributed by atoms with E-state index >= 15 is 0 Å². The third-order valence-electron chi connectivity index (χ3n) is 3.66. The molecule has 2 aromatic rings. The molecule has 3 rings (SSSR count). The number of benzene rings is 1. The van der Waals surface area contributed by atoms with Crippen LogP contribution in [-0.2, 0) is 0 Å². The van der Waals surface area contributed by atoms with Gasteiger partial charge >= 0.3 is 0 Å². The summed E-state index contributed by atoms with van der Waals surface area (Å²) in [5, 5.41) is 14.5. The van der Waals surface area contributed by atoms with E-state index in [0.717, 1.165) is 30.7 Å². The Kier molecular flexibility index (Phi) is 4.84. The van der Waals surface area contributed by atoms with Crippen LogP contribution in [-0.4, -0.2) is 28.2 Å². The van der Waals surface area contributed by atoms with Crippen LogP contribution >= 0.6 is 0 Å². The minimum atomic E-state index is -1.53. The van der Waals surface area contributed by atoms with Crippen molar-refractivity contribution in [1.82, 2.24) is 9.97 Å². The Morgan fingerprint density at radius 2 is 1.92 bits per heavy atom. The first-order valence-electron chi connectivity index (χ1n) is 7.72. The molecule has 1 aromatic heterocycles. The van der Waals surface area contributed by atoms with Crippen LogP contribution in [0.15, 0.2) is 18.2 Å². The molecule has 1 fully saturated rings. The smallest absolute Gasteiger partial charge is 0.224 e. The van der Waals surface area contributed by atoms with Crippen molar-refractivity contribution >= 4 is 17.5 Å². The van der Waals surface area contributed by atoms with Crippen molar-refractivity contribution in [3.63, 3.8) is 0 Å². The summed E-state index contributed by atoms with van der Waals surface area (Å²) in [6.45, 7) is 0.532.